The molecule has 1 unspecified atom stereocenters. The minimum Gasteiger partial charge on any atom is -0.506 e. The summed E-state index contributed by atoms with van der Waals surface area (Å²) in [6.45, 7) is 1.26. The molecule has 1 aromatic heterocycles. The summed E-state index contributed by atoms with van der Waals surface area (Å²) in [5.74, 6) is 0.442. The van der Waals surface area contributed by atoms with Crippen molar-refractivity contribution in [2.45, 2.75) is 55.5 Å². The fourth-order valence-electron chi connectivity index (χ4n) is 7.34. The SMILES string of the molecule is Oc1cc2c(c3c1[nH]c1ccccc13)C[C@@H]1N3CC[C@]24CCCC[C@@]134. The van der Waals surface area contributed by atoms with Gasteiger partial charge in [-0.05, 0) is 48.9 Å². The summed E-state index contributed by atoms with van der Waals surface area (Å²) in [6, 6.07) is 11.4. The Bertz CT molecular complexity index is 1080. The zero-order valence-electron chi connectivity index (χ0n) is 14.3. The molecule has 1 saturated carbocycles. The Balaban J connectivity index is 1.63. The van der Waals surface area contributed by atoms with Crippen LogP contribution in [0.4, 0.5) is 0 Å². The summed E-state index contributed by atoms with van der Waals surface area (Å²) < 4.78 is 0. The van der Waals surface area contributed by atoms with Gasteiger partial charge in [0.05, 0.1) is 5.52 Å². The lowest BCUT2D eigenvalue weighted by Gasteiger charge is -2.46. The van der Waals surface area contributed by atoms with Crippen LogP contribution in [0.15, 0.2) is 30.3 Å². The van der Waals surface area contributed by atoms with Crippen LogP contribution >= 0.6 is 0 Å². The average molecular weight is 330 g/mol. The van der Waals surface area contributed by atoms with Crippen molar-refractivity contribution >= 4 is 21.8 Å². The zero-order valence-corrected chi connectivity index (χ0v) is 14.3. The molecular formula is C22H22N2O. The summed E-state index contributed by atoms with van der Waals surface area (Å²) in [5, 5.41) is 13.5. The number of nitrogens with one attached hydrogen (secondary N) is 1. The van der Waals surface area contributed by atoms with Gasteiger partial charge in [0.1, 0.15) is 5.75 Å². The Morgan fingerprint density at radius 2 is 2.00 bits per heavy atom. The van der Waals surface area contributed by atoms with E-state index in [4.69, 9.17) is 0 Å². The maximum Gasteiger partial charge on any atom is 0.139 e. The minimum absolute atomic E-state index is 0.299. The molecule has 2 saturated heterocycles. The molecule has 3 heterocycles. The van der Waals surface area contributed by atoms with Crippen LogP contribution in [0.1, 0.15) is 43.2 Å². The predicted octanol–water partition coefficient (Wildman–Crippen LogP) is 4.22. The van der Waals surface area contributed by atoms with Crippen molar-refractivity contribution < 1.29 is 5.11 Å². The molecule has 0 radical (unpaired) electrons. The molecule has 3 aromatic rings. The van der Waals surface area contributed by atoms with Crippen LogP contribution in [-0.4, -0.2) is 33.1 Å². The highest BCUT2D eigenvalue weighted by Crippen LogP contribution is 2.71. The van der Waals surface area contributed by atoms with E-state index in [1.165, 1.54) is 60.5 Å². The Morgan fingerprint density at radius 1 is 1.12 bits per heavy atom. The van der Waals surface area contributed by atoms with Crippen molar-refractivity contribution in [1.82, 2.24) is 9.88 Å². The first-order chi connectivity index (χ1) is 12.3. The van der Waals surface area contributed by atoms with Gasteiger partial charge in [0.15, 0.2) is 0 Å². The number of para-hydroxylation sites is 1. The van der Waals surface area contributed by atoms with Gasteiger partial charge in [-0.3, -0.25) is 4.90 Å². The number of phenolic OH excluding ortho intramolecular Hbond substituents is 1. The second kappa shape index (κ2) is 3.88. The molecule has 4 atom stereocenters. The Morgan fingerprint density at radius 3 is 2.96 bits per heavy atom. The third-order valence-electron chi connectivity index (χ3n) is 8.18. The lowest BCUT2D eigenvalue weighted by atomic mass is 9.55. The van der Waals surface area contributed by atoms with Gasteiger partial charge in [0.25, 0.3) is 0 Å². The van der Waals surface area contributed by atoms with Crippen molar-refractivity contribution in [3.63, 3.8) is 0 Å². The molecule has 2 N–H and O–H groups in total. The summed E-state index contributed by atoms with van der Waals surface area (Å²) in [7, 11) is 0. The van der Waals surface area contributed by atoms with E-state index in [2.05, 4.69) is 40.2 Å². The first kappa shape index (κ1) is 13.2. The highest BCUT2D eigenvalue weighted by Gasteiger charge is 2.78. The molecule has 1 spiro atoms. The number of aromatic amines is 1. The van der Waals surface area contributed by atoms with Crippen LogP contribution in [0.5, 0.6) is 5.75 Å². The fraction of sp³-hybridized carbons (Fsp3) is 0.455. The maximum atomic E-state index is 10.9. The van der Waals surface area contributed by atoms with Crippen molar-refractivity contribution in [3.8, 4) is 5.75 Å². The molecule has 0 amide bonds. The largest absolute Gasteiger partial charge is 0.506 e. The van der Waals surface area contributed by atoms with E-state index in [1.54, 1.807) is 0 Å². The number of hydrogen-bond acceptors (Lipinski definition) is 2. The monoisotopic (exact) mass is 330 g/mol. The first-order valence-corrected chi connectivity index (χ1v) is 9.79. The quantitative estimate of drug-likeness (QED) is 0.606. The van der Waals surface area contributed by atoms with Gasteiger partial charge in [-0.2, -0.15) is 0 Å². The van der Waals surface area contributed by atoms with Gasteiger partial charge >= 0.3 is 0 Å². The molecule has 7 rings (SSSR count). The standard InChI is InChI=1S/C22H22N2O/c25-17-12-15-14(19-13-5-1-2-6-16(13)23-20(17)19)11-18-22-8-4-3-7-21(15,22)9-10-24(18)22/h1-2,5-6,12,18,23,25H,3-4,7-11H2/t18-,21+,22-,24?/m0/s1. The average Bonchev–Trinajstić information content (AvgIpc) is 2.96. The number of hydrogen-bond donors (Lipinski definition) is 2. The van der Waals surface area contributed by atoms with Crippen LogP contribution in [0, 0.1) is 0 Å². The molecule has 3 fully saturated rings. The van der Waals surface area contributed by atoms with Gasteiger partial charge < -0.3 is 10.1 Å². The third-order valence-corrected chi connectivity index (χ3v) is 8.18. The van der Waals surface area contributed by atoms with Gasteiger partial charge in [0, 0.05) is 39.8 Å². The third kappa shape index (κ3) is 1.22. The number of nitrogens with zero attached hydrogens (tertiary/aromatic N) is 1. The van der Waals surface area contributed by atoms with Gasteiger partial charge in [0.2, 0.25) is 0 Å². The van der Waals surface area contributed by atoms with E-state index in [0.29, 0.717) is 16.7 Å². The van der Waals surface area contributed by atoms with E-state index < -0.39 is 0 Å². The lowest BCUT2D eigenvalue weighted by molar-refractivity contribution is 0.215. The number of phenols is 1. The van der Waals surface area contributed by atoms with Crippen molar-refractivity contribution in [2.75, 3.05) is 6.54 Å². The van der Waals surface area contributed by atoms with E-state index in [9.17, 15) is 5.11 Å². The summed E-state index contributed by atoms with van der Waals surface area (Å²) in [4.78, 5) is 6.28. The summed E-state index contributed by atoms with van der Waals surface area (Å²) in [6.07, 6.45) is 7.84. The molecule has 25 heavy (non-hydrogen) atoms. The second-order valence-corrected chi connectivity index (χ2v) is 8.72. The number of benzene rings is 2. The molecule has 2 aliphatic heterocycles. The molecule has 3 nitrogen and oxygen atoms in total. The van der Waals surface area contributed by atoms with Crippen LogP contribution < -0.4 is 0 Å². The molecule has 4 aliphatic rings. The van der Waals surface area contributed by atoms with Crippen LogP contribution in [0.3, 0.4) is 0 Å². The zero-order chi connectivity index (χ0) is 16.4. The minimum atomic E-state index is 0.299. The Kier molecular flexibility index (Phi) is 2.05. The van der Waals surface area contributed by atoms with E-state index in [1.807, 2.05) is 0 Å². The van der Waals surface area contributed by atoms with Crippen molar-refractivity contribution in [1.29, 1.82) is 0 Å². The Hall–Kier alpha value is -2.00. The topological polar surface area (TPSA) is 39.0 Å². The number of H-pyrrole nitrogens is 1. The van der Waals surface area contributed by atoms with Crippen molar-refractivity contribution in [2.24, 2.45) is 0 Å². The van der Waals surface area contributed by atoms with Crippen molar-refractivity contribution in [3.05, 3.63) is 41.5 Å². The van der Waals surface area contributed by atoms with Crippen LogP contribution in [0.2, 0.25) is 0 Å². The summed E-state index contributed by atoms with van der Waals surface area (Å²) in [5.41, 5.74) is 5.82. The summed E-state index contributed by atoms with van der Waals surface area (Å²) >= 11 is 0. The molecule has 0 bridgehead atoms. The number of aromatic nitrogens is 1. The van der Waals surface area contributed by atoms with E-state index in [-0.39, 0.29) is 0 Å². The number of rotatable bonds is 0. The van der Waals surface area contributed by atoms with Gasteiger partial charge in [-0.25, -0.2) is 0 Å². The molecule has 3 heteroatoms. The first-order valence-electron chi connectivity index (χ1n) is 9.79. The molecular weight excluding hydrogens is 308 g/mol. The molecule has 2 aliphatic carbocycles. The van der Waals surface area contributed by atoms with E-state index in [0.717, 1.165) is 23.5 Å². The highest BCUT2D eigenvalue weighted by molar-refractivity contribution is 6.11. The molecule has 2 aromatic carbocycles. The highest BCUT2D eigenvalue weighted by atomic mass is 16.3. The molecule has 126 valence electrons. The second-order valence-electron chi connectivity index (χ2n) is 8.72. The number of piperidine rings is 1. The van der Waals surface area contributed by atoms with Gasteiger partial charge in [-0.15, -0.1) is 0 Å². The Labute approximate surface area is 146 Å². The normalized spacial score (nSPS) is 37.8. The van der Waals surface area contributed by atoms with Crippen LogP contribution in [-0.2, 0) is 11.8 Å². The fourth-order valence-corrected chi connectivity index (χ4v) is 7.34. The lowest BCUT2D eigenvalue weighted by Crippen LogP contribution is -2.48. The predicted molar refractivity (Wildman–Crippen MR) is 99.2 cm³/mol. The van der Waals surface area contributed by atoms with Gasteiger partial charge in [-0.1, -0.05) is 31.0 Å². The van der Waals surface area contributed by atoms with Crippen LogP contribution in [0.25, 0.3) is 21.8 Å². The van der Waals surface area contributed by atoms with E-state index >= 15 is 0 Å². The maximum absolute atomic E-state index is 10.9. The smallest absolute Gasteiger partial charge is 0.139 e. The number of fused-ring (bicyclic) bond motifs is 6. The number of aromatic hydroxyl groups is 1.